The number of rotatable bonds is 2. The number of fused-ring (bicyclic) bond motifs is 1. The Labute approximate surface area is 122 Å². The van der Waals surface area contributed by atoms with Crippen LogP contribution in [-0.2, 0) is 0 Å². The molecule has 4 rings (SSSR count). The van der Waals surface area contributed by atoms with Crippen molar-refractivity contribution in [3.05, 3.63) is 60.7 Å². The van der Waals surface area contributed by atoms with Crippen molar-refractivity contribution in [2.24, 2.45) is 0 Å². The zero-order valence-electron chi connectivity index (χ0n) is 11.5. The Kier molecular flexibility index (Phi) is 2.88. The number of anilines is 1. The number of hydrogen-bond acceptors (Lipinski definition) is 4. The highest BCUT2D eigenvalue weighted by Gasteiger charge is 2.24. The summed E-state index contributed by atoms with van der Waals surface area (Å²) in [5, 5.41) is 8.16. The van der Waals surface area contributed by atoms with E-state index in [-0.39, 0.29) is 6.04 Å². The average Bonchev–Trinajstić information content (AvgIpc) is 3.00. The molecule has 0 spiro atoms. The monoisotopic (exact) mass is 277 g/mol. The van der Waals surface area contributed by atoms with Crippen molar-refractivity contribution < 1.29 is 0 Å². The quantitative estimate of drug-likeness (QED) is 0.782. The number of nitrogens with zero attached hydrogens (tertiary/aromatic N) is 4. The number of hydrogen-bond donors (Lipinski definition) is 1. The van der Waals surface area contributed by atoms with Crippen LogP contribution in [0.15, 0.2) is 55.0 Å². The molecule has 0 aliphatic carbocycles. The van der Waals surface area contributed by atoms with Crippen molar-refractivity contribution >= 4 is 5.82 Å². The minimum absolute atomic E-state index is 0.188. The van der Waals surface area contributed by atoms with E-state index in [2.05, 4.69) is 27.4 Å². The zero-order valence-corrected chi connectivity index (χ0v) is 11.5. The SMILES string of the molecule is c1ccc(C2CCNc3cc(-c4cccnc4)nn32)nc1. The summed E-state index contributed by atoms with van der Waals surface area (Å²) in [5.74, 6) is 1.04. The van der Waals surface area contributed by atoms with Crippen molar-refractivity contribution in [1.82, 2.24) is 19.7 Å². The first-order valence-corrected chi connectivity index (χ1v) is 7.06. The Hall–Kier alpha value is -2.69. The van der Waals surface area contributed by atoms with E-state index in [1.165, 1.54) is 0 Å². The Balaban J connectivity index is 1.77. The minimum Gasteiger partial charge on any atom is -0.370 e. The van der Waals surface area contributed by atoms with E-state index in [0.29, 0.717) is 0 Å². The standard InChI is InChI=1S/C16H15N5/c1-2-8-18-13(5-1)15-6-9-19-16-10-14(20-21(15)16)12-4-3-7-17-11-12/h1-5,7-8,10-11,15,19H,6,9H2. The van der Waals surface area contributed by atoms with Crippen LogP contribution in [0.5, 0.6) is 0 Å². The summed E-state index contributed by atoms with van der Waals surface area (Å²) in [5.41, 5.74) is 3.02. The topological polar surface area (TPSA) is 55.6 Å². The number of pyridine rings is 2. The van der Waals surface area contributed by atoms with Crippen LogP contribution in [0.3, 0.4) is 0 Å². The van der Waals surface area contributed by atoms with E-state index in [1.54, 1.807) is 6.20 Å². The highest BCUT2D eigenvalue weighted by Crippen LogP contribution is 2.31. The van der Waals surface area contributed by atoms with Crippen LogP contribution in [0.4, 0.5) is 5.82 Å². The third kappa shape index (κ3) is 2.16. The van der Waals surface area contributed by atoms with Crippen LogP contribution in [0, 0.1) is 0 Å². The van der Waals surface area contributed by atoms with Crippen molar-refractivity contribution in [2.75, 3.05) is 11.9 Å². The summed E-state index contributed by atoms with van der Waals surface area (Å²) in [6.45, 7) is 0.930. The van der Waals surface area contributed by atoms with E-state index < -0.39 is 0 Å². The number of aromatic nitrogens is 4. The molecule has 1 atom stereocenters. The Morgan fingerprint density at radius 3 is 2.95 bits per heavy atom. The molecule has 1 aliphatic rings. The van der Waals surface area contributed by atoms with Gasteiger partial charge in [-0.3, -0.25) is 9.97 Å². The minimum atomic E-state index is 0.188. The lowest BCUT2D eigenvalue weighted by Gasteiger charge is -2.25. The van der Waals surface area contributed by atoms with Crippen molar-refractivity contribution in [3.63, 3.8) is 0 Å². The van der Waals surface area contributed by atoms with Crippen molar-refractivity contribution in [2.45, 2.75) is 12.5 Å². The molecule has 0 saturated carbocycles. The molecule has 3 aromatic rings. The van der Waals surface area contributed by atoms with Gasteiger partial charge in [0.1, 0.15) is 5.82 Å². The molecule has 0 saturated heterocycles. The van der Waals surface area contributed by atoms with Crippen LogP contribution < -0.4 is 5.32 Å². The van der Waals surface area contributed by atoms with Gasteiger partial charge in [-0.05, 0) is 30.7 Å². The first kappa shape index (κ1) is 12.1. The largest absolute Gasteiger partial charge is 0.370 e. The Bertz CT molecular complexity index is 736. The van der Waals surface area contributed by atoms with Crippen molar-refractivity contribution in [3.8, 4) is 11.3 Å². The molecule has 21 heavy (non-hydrogen) atoms. The fraction of sp³-hybridized carbons (Fsp3) is 0.188. The average molecular weight is 277 g/mol. The van der Waals surface area contributed by atoms with E-state index in [1.807, 2.05) is 41.3 Å². The van der Waals surface area contributed by atoms with E-state index >= 15 is 0 Å². The summed E-state index contributed by atoms with van der Waals surface area (Å²) in [6, 6.07) is 12.2. The molecule has 4 heterocycles. The molecule has 0 aromatic carbocycles. The summed E-state index contributed by atoms with van der Waals surface area (Å²) >= 11 is 0. The zero-order chi connectivity index (χ0) is 14.1. The lowest BCUT2D eigenvalue weighted by molar-refractivity contribution is 0.473. The van der Waals surface area contributed by atoms with Gasteiger partial charge in [0, 0.05) is 36.8 Å². The van der Waals surface area contributed by atoms with Gasteiger partial charge in [-0.2, -0.15) is 5.10 Å². The molecule has 5 nitrogen and oxygen atoms in total. The van der Waals surface area contributed by atoms with Gasteiger partial charge in [0.2, 0.25) is 0 Å². The third-order valence-electron chi connectivity index (χ3n) is 3.74. The first-order chi connectivity index (χ1) is 10.4. The van der Waals surface area contributed by atoms with Gasteiger partial charge < -0.3 is 5.32 Å². The van der Waals surface area contributed by atoms with Gasteiger partial charge in [0.05, 0.1) is 17.4 Å². The first-order valence-electron chi connectivity index (χ1n) is 7.06. The van der Waals surface area contributed by atoms with Gasteiger partial charge in [0.25, 0.3) is 0 Å². The normalized spacial score (nSPS) is 17.0. The van der Waals surface area contributed by atoms with Crippen LogP contribution in [0.1, 0.15) is 18.2 Å². The molecule has 1 N–H and O–H groups in total. The molecule has 0 radical (unpaired) electrons. The summed E-state index contributed by atoms with van der Waals surface area (Å²) in [6.07, 6.45) is 6.43. The van der Waals surface area contributed by atoms with Crippen LogP contribution in [0.25, 0.3) is 11.3 Å². The molecular formula is C16H15N5. The third-order valence-corrected chi connectivity index (χ3v) is 3.74. The second-order valence-electron chi connectivity index (χ2n) is 5.09. The van der Waals surface area contributed by atoms with E-state index in [4.69, 9.17) is 5.10 Å². The van der Waals surface area contributed by atoms with Gasteiger partial charge >= 0.3 is 0 Å². The Morgan fingerprint density at radius 1 is 1.14 bits per heavy atom. The van der Waals surface area contributed by atoms with Gasteiger partial charge in [0.15, 0.2) is 0 Å². The maximum absolute atomic E-state index is 4.75. The van der Waals surface area contributed by atoms with E-state index in [9.17, 15) is 0 Å². The second kappa shape index (κ2) is 5.01. The molecule has 5 heteroatoms. The predicted octanol–water partition coefficient (Wildman–Crippen LogP) is 2.75. The fourth-order valence-corrected chi connectivity index (χ4v) is 2.72. The summed E-state index contributed by atoms with van der Waals surface area (Å²) in [7, 11) is 0. The molecule has 3 aromatic heterocycles. The van der Waals surface area contributed by atoms with Crippen molar-refractivity contribution in [1.29, 1.82) is 0 Å². The van der Waals surface area contributed by atoms with Crippen LogP contribution in [-0.4, -0.2) is 26.3 Å². The van der Waals surface area contributed by atoms with E-state index in [0.717, 1.165) is 35.7 Å². The van der Waals surface area contributed by atoms with Crippen LogP contribution in [0.2, 0.25) is 0 Å². The maximum atomic E-state index is 4.75. The highest BCUT2D eigenvalue weighted by atomic mass is 15.4. The smallest absolute Gasteiger partial charge is 0.125 e. The molecule has 0 bridgehead atoms. The van der Waals surface area contributed by atoms with Gasteiger partial charge in [-0.1, -0.05) is 6.07 Å². The van der Waals surface area contributed by atoms with Gasteiger partial charge in [-0.25, -0.2) is 4.68 Å². The number of nitrogens with one attached hydrogen (secondary N) is 1. The molecular weight excluding hydrogens is 262 g/mol. The lowest BCUT2D eigenvalue weighted by atomic mass is 10.1. The summed E-state index contributed by atoms with van der Waals surface area (Å²) < 4.78 is 2.04. The predicted molar refractivity (Wildman–Crippen MR) is 80.9 cm³/mol. The molecule has 0 amide bonds. The fourth-order valence-electron chi connectivity index (χ4n) is 2.72. The van der Waals surface area contributed by atoms with Gasteiger partial charge in [-0.15, -0.1) is 0 Å². The molecule has 104 valence electrons. The molecule has 1 aliphatic heterocycles. The molecule has 1 unspecified atom stereocenters. The summed E-state index contributed by atoms with van der Waals surface area (Å²) in [4.78, 5) is 8.64. The Morgan fingerprint density at radius 2 is 2.14 bits per heavy atom. The lowest BCUT2D eigenvalue weighted by Crippen LogP contribution is -2.24. The maximum Gasteiger partial charge on any atom is 0.125 e. The molecule has 0 fully saturated rings. The van der Waals surface area contributed by atoms with Crippen LogP contribution >= 0.6 is 0 Å². The highest BCUT2D eigenvalue weighted by molar-refractivity contribution is 5.62. The second-order valence-corrected chi connectivity index (χ2v) is 5.09.